The zero-order valence-electron chi connectivity index (χ0n) is 12.4. The number of rotatable bonds is 7. The number of aliphatic carboxylic acids is 1. The molecule has 3 N–H and O–H groups in total. The van der Waals surface area contributed by atoms with E-state index in [1.807, 2.05) is 30.3 Å². The molecular weight excluding hydrogens is 292 g/mol. The predicted octanol–water partition coefficient (Wildman–Crippen LogP) is 1.55. The van der Waals surface area contributed by atoms with Crippen LogP contribution in [-0.4, -0.2) is 41.5 Å². The molecule has 0 radical (unpaired) electrons. The lowest BCUT2D eigenvalue weighted by Gasteiger charge is -2.22. The average molecular weight is 315 g/mol. The minimum atomic E-state index is -1.07. The summed E-state index contributed by atoms with van der Waals surface area (Å²) in [7, 11) is 1.73. The second-order valence-corrected chi connectivity index (χ2v) is 5.08. The monoisotopic (exact) mass is 314 g/mol. The van der Waals surface area contributed by atoms with Gasteiger partial charge in [-0.2, -0.15) is 0 Å². The van der Waals surface area contributed by atoms with Crippen molar-refractivity contribution in [3.8, 4) is 0 Å². The van der Waals surface area contributed by atoms with Gasteiger partial charge in [-0.05, 0) is 18.4 Å². The number of likely N-dealkylation sites (N-methyl/N-ethyl adjacent to an activating group) is 1. The summed E-state index contributed by atoms with van der Waals surface area (Å²) in [6.07, 6.45) is 0.935. The Kier molecular flexibility index (Phi) is 8.66. The SMILES string of the molecule is CC(CC(N)C(=O)O)C(=O)N(C)CCc1ccccc1.Cl. The van der Waals surface area contributed by atoms with Crippen LogP contribution in [0.4, 0.5) is 0 Å². The number of halogens is 1. The van der Waals surface area contributed by atoms with Gasteiger partial charge in [0.25, 0.3) is 0 Å². The first-order valence-electron chi connectivity index (χ1n) is 6.69. The van der Waals surface area contributed by atoms with Crippen molar-refractivity contribution in [3.05, 3.63) is 35.9 Å². The molecule has 5 nitrogen and oxygen atoms in total. The van der Waals surface area contributed by atoms with Crippen LogP contribution in [0.5, 0.6) is 0 Å². The van der Waals surface area contributed by atoms with Crippen LogP contribution in [0.3, 0.4) is 0 Å². The molecule has 0 fully saturated rings. The molecule has 0 heterocycles. The van der Waals surface area contributed by atoms with Gasteiger partial charge in [-0.25, -0.2) is 0 Å². The Morgan fingerprint density at radius 2 is 1.86 bits per heavy atom. The van der Waals surface area contributed by atoms with Gasteiger partial charge in [0.2, 0.25) is 5.91 Å². The number of amides is 1. The number of carboxylic acids is 1. The Morgan fingerprint density at radius 1 is 1.29 bits per heavy atom. The molecule has 1 rings (SSSR count). The first-order valence-corrected chi connectivity index (χ1v) is 6.69. The van der Waals surface area contributed by atoms with Crippen LogP contribution in [0.2, 0.25) is 0 Å². The van der Waals surface area contributed by atoms with Crippen LogP contribution in [0, 0.1) is 5.92 Å². The lowest BCUT2D eigenvalue weighted by Crippen LogP contribution is -2.38. The number of hydrogen-bond acceptors (Lipinski definition) is 3. The van der Waals surface area contributed by atoms with Crippen molar-refractivity contribution in [1.29, 1.82) is 0 Å². The van der Waals surface area contributed by atoms with Gasteiger partial charge < -0.3 is 15.7 Å². The second kappa shape index (κ2) is 9.37. The van der Waals surface area contributed by atoms with E-state index in [2.05, 4.69) is 0 Å². The maximum absolute atomic E-state index is 12.1. The summed E-state index contributed by atoms with van der Waals surface area (Å²) in [5, 5.41) is 8.75. The molecule has 6 heteroatoms. The van der Waals surface area contributed by atoms with E-state index < -0.39 is 12.0 Å². The number of benzene rings is 1. The standard InChI is InChI=1S/C15H22N2O3.ClH/c1-11(10-13(16)15(19)20)14(18)17(2)9-8-12-6-4-3-5-7-12;/h3-7,11,13H,8-10,16H2,1-2H3,(H,19,20);1H. The number of nitrogens with two attached hydrogens (primary N) is 1. The van der Waals surface area contributed by atoms with Crippen LogP contribution >= 0.6 is 12.4 Å². The summed E-state index contributed by atoms with van der Waals surface area (Å²) in [5.74, 6) is -1.53. The van der Waals surface area contributed by atoms with Crippen molar-refractivity contribution < 1.29 is 14.7 Å². The van der Waals surface area contributed by atoms with Crippen LogP contribution in [0.25, 0.3) is 0 Å². The Labute approximate surface area is 131 Å². The molecule has 0 aliphatic rings. The highest BCUT2D eigenvalue weighted by Crippen LogP contribution is 2.10. The van der Waals surface area contributed by atoms with Crippen LogP contribution in [0.15, 0.2) is 30.3 Å². The largest absolute Gasteiger partial charge is 0.480 e. The van der Waals surface area contributed by atoms with Crippen molar-refractivity contribution in [2.75, 3.05) is 13.6 Å². The Morgan fingerprint density at radius 3 is 2.38 bits per heavy atom. The average Bonchev–Trinajstić information content (AvgIpc) is 2.44. The number of carbonyl (C=O) groups is 2. The highest BCUT2D eigenvalue weighted by Gasteiger charge is 2.23. The van der Waals surface area contributed by atoms with Gasteiger partial charge in [-0.15, -0.1) is 12.4 Å². The maximum Gasteiger partial charge on any atom is 0.320 e. The van der Waals surface area contributed by atoms with Gasteiger partial charge >= 0.3 is 5.97 Å². The minimum absolute atomic E-state index is 0. The summed E-state index contributed by atoms with van der Waals surface area (Å²) in [6, 6.07) is 8.92. The number of carbonyl (C=O) groups excluding carboxylic acids is 1. The molecule has 2 atom stereocenters. The van der Waals surface area contributed by atoms with E-state index in [1.54, 1.807) is 18.9 Å². The quantitative estimate of drug-likeness (QED) is 0.799. The van der Waals surface area contributed by atoms with Crippen LogP contribution in [0.1, 0.15) is 18.9 Å². The fourth-order valence-electron chi connectivity index (χ4n) is 2.01. The predicted molar refractivity (Wildman–Crippen MR) is 84.4 cm³/mol. The fraction of sp³-hybridized carbons (Fsp3) is 0.467. The summed E-state index contributed by atoms with van der Waals surface area (Å²) < 4.78 is 0. The molecule has 0 saturated heterocycles. The Balaban J connectivity index is 0.00000400. The first kappa shape index (κ1) is 19.4. The normalized spacial score (nSPS) is 12.9. The van der Waals surface area contributed by atoms with Gasteiger partial charge in [0.05, 0.1) is 0 Å². The number of carboxylic acid groups (broad SMARTS) is 1. The van der Waals surface area contributed by atoms with Gasteiger partial charge in [0.1, 0.15) is 6.04 Å². The highest BCUT2D eigenvalue weighted by atomic mass is 35.5. The van der Waals surface area contributed by atoms with E-state index in [4.69, 9.17) is 10.8 Å². The lowest BCUT2D eigenvalue weighted by atomic mass is 10.0. The van der Waals surface area contributed by atoms with Crippen LogP contribution in [-0.2, 0) is 16.0 Å². The van der Waals surface area contributed by atoms with E-state index in [-0.39, 0.29) is 30.7 Å². The van der Waals surface area contributed by atoms with E-state index >= 15 is 0 Å². The van der Waals surface area contributed by atoms with E-state index in [0.717, 1.165) is 6.42 Å². The van der Waals surface area contributed by atoms with E-state index in [9.17, 15) is 9.59 Å². The molecular formula is C15H23ClN2O3. The fourth-order valence-corrected chi connectivity index (χ4v) is 2.01. The molecule has 1 aromatic rings. The van der Waals surface area contributed by atoms with Gasteiger partial charge in [0.15, 0.2) is 0 Å². The molecule has 2 unspecified atom stereocenters. The molecule has 1 aromatic carbocycles. The summed E-state index contributed by atoms with van der Waals surface area (Å²) in [5.41, 5.74) is 6.62. The molecule has 0 spiro atoms. The maximum atomic E-state index is 12.1. The van der Waals surface area contributed by atoms with Crippen molar-refractivity contribution in [2.45, 2.75) is 25.8 Å². The third-order valence-electron chi connectivity index (χ3n) is 3.30. The topological polar surface area (TPSA) is 83.6 Å². The van der Waals surface area contributed by atoms with Crippen LogP contribution < -0.4 is 5.73 Å². The first-order chi connectivity index (χ1) is 9.41. The molecule has 0 saturated carbocycles. The summed E-state index contributed by atoms with van der Waals surface area (Å²) >= 11 is 0. The van der Waals surface area contributed by atoms with Crippen molar-refractivity contribution in [3.63, 3.8) is 0 Å². The molecule has 0 aromatic heterocycles. The molecule has 21 heavy (non-hydrogen) atoms. The zero-order chi connectivity index (χ0) is 15.1. The zero-order valence-corrected chi connectivity index (χ0v) is 13.2. The third kappa shape index (κ3) is 6.60. The molecule has 0 aliphatic carbocycles. The van der Waals surface area contributed by atoms with Crippen molar-refractivity contribution in [2.24, 2.45) is 11.7 Å². The summed E-state index contributed by atoms with van der Waals surface area (Å²) in [4.78, 5) is 24.4. The van der Waals surface area contributed by atoms with Gasteiger partial charge in [0, 0.05) is 19.5 Å². The highest BCUT2D eigenvalue weighted by molar-refractivity contribution is 5.85. The summed E-state index contributed by atoms with van der Waals surface area (Å²) in [6.45, 7) is 2.32. The molecule has 118 valence electrons. The second-order valence-electron chi connectivity index (χ2n) is 5.08. The molecule has 0 aliphatic heterocycles. The number of hydrogen-bond donors (Lipinski definition) is 2. The van der Waals surface area contributed by atoms with E-state index in [1.165, 1.54) is 5.56 Å². The minimum Gasteiger partial charge on any atom is -0.480 e. The Hall–Kier alpha value is -1.59. The Bertz CT molecular complexity index is 453. The third-order valence-corrected chi connectivity index (χ3v) is 3.30. The van der Waals surface area contributed by atoms with Crippen molar-refractivity contribution >= 4 is 24.3 Å². The lowest BCUT2D eigenvalue weighted by molar-refractivity contribution is -0.139. The van der Waals surface area contributed by atoms with E-state index in [0.29, 0.717) is 6.54 Å². The van der Waals surface area contributed by atoms with Gasteiger partial charge in [-0.3, -0.25) is 9.59 Å². The molecule has 1 amide bonds. The smallest absolute Gasteiger partial charge is 0.320 e. The van der Waals surface area contributed by atoms with Crippen molar-refractivity contribution in [1.82, 2.24) is 4.90 Å². The molecule has 0 bridgehead atoms. The number of nitrogens with zero attached hydrogens (tertiary/aromatic N) is 1. The van der Waals surface area contributed by atoms with Gasteiger partial charge in [-0.1, -0.05) is 37.3 Å².